The summed E-state index contributed by atoms with van der Waals surface area (Å²) in [4.78, 5) is 42.8. The lowest BCUT2D eigenvalue weighted by molar-refractivity contribution is -0.135. The second-order valence-electron chi connectivity index (χ2n) is 6.37. The molecule has 3 aliphatic rings. The number of nitrogens with one attached hydrogen (secondary N) is 1. The van der Waals surface area contributed by atoms with Crippen LogP contribution in [0.2, 0.25) is 0 Å². The van der Waals surface area contributed by atoms with E-state index in [9.17, 15) is 14.4 Å². The van der Waals surface area contributed by atoms with Crippen molar-refractivity contribution >= 4 is 17.8 Å². The maximum Gasteiger partial charge on any atom is 0.415 e. The Balaban J connectivity index is 1.83. The number of ether oxygens (including phenoxy) is 2. The van der Waals surface area contributed by atoms with Gasteiger partial charge < -0.3 is 29.6 Å². The quantitative estimate of drug-likeness (QED) is 0.444. The number of allylic oxidation sites excluding steroid dienone is 1. The molecule has 3 rings (SSSR count). The Morgan fingerprint density at radius 1 is 1.27 bits per heavy atom. The maximum atomic E-state index is 12.8. The molecule has 1 unspecified atom stereocenters. The first kappa shape index (κ1) is 18.4. The molecule has 142 valence electrons. The molecule has 10 nitrogen and oxygen atoms in total. The van der Waals surface area contributed by atoms with E-state index >= 15 is 0 Å². The van der Waals surface area contributed by atoms with E-state index in [1.165, 1.54) is 15.9 Å². The number of hydrogen-bond acceptors (Lipinski definition) is 8. The zero-order chi connectivity index (χ0) is 18.7. The van der Waals surface area contributed by atoms with Crippen LogP contribution in [0.3, 0.4) is 0 Å². The molecule has 2 amide bonds. The number of ketones is 1. The molecule has 0 aromatic heterocycles. The Bertz CT molecular complexity index is 653. The Morgan fingerprint density at radius 2 is 2.00 bits per heavy atom. The third kappa shape index (κ3) is 3.71. The molecule has 3 aliphatic heterocycles. The molecule has 0 radical (unpaired) electrons. The largest absolute Gasteiger partial charge is 0.415 e. The molecular weight excluding hydrogens is 342 g/mol. The third-order valence-electron chi connectivity index (χ3n) is 4.66. The third-order valence-corrected chi connectivity index (χ3v) is 4.66. The Labute approximate surface area is 151 Å². The molecule has 3 heterocycles. The van der Waals surface area contributed by atoms with Gasteiger partial charge in [0.25, 0.3) is 5.91 Å². The summed E-state index contributed by atoms with van der Waals surface area (Å²) in [6.07, 6.45) is 2.19. The number of rotatable bonds is 2. The summed E-state index contributed by atoms with van der Waals surface area (Å²) >= 11 is 0. The van der Waals surface area contributed by atoms with Gasteiger partial charge in [0.05, 0.1) is 19.3 Å². The van der Waals surface area contributed by atoms with Gasteiger partial charge in [0.2, 0.25) is 11.5 Å². The standard InChI is InChI=1S/C16H23N5O5/c1-19-4-6-20(7-5-19)16(24)26-14-12(22)3-2-11-10-25-9-8-21(11)15(23)13(14)18-17/h2-3,11,18H,4-10,17H2,1H3/b3-2-,14-13+. The van der Waals surface area contributed by atoms with Crippen LogP contribution in [0.5, 0.6) is 0 Å². The van der Waals surface area contributed by atoms with E-state index in [1.54, 1.807) is 6.08 Å². The van der Waals surface area contributed by atoms with Gasteiger partial charge in [0, 0.05) is 32.7 Å². The van der Waals surface area contributed by atoms with Gasteiger partial charge in [0.1, 0.15) is 0 Å². The molecule has 0 bridgehead atoms. The van der Waals surface area contributed by atoms with E-state index in [2.05, 4.69) is 10.3 Å². The van der Waals surface area contributed by atoms with Crippen LogP contribution in [0.25, 0.3) is 0 Å². The van der Waals surface area contributed by atoms with Crippen LogP contribution in [-0.4, -0.2) is 91.5 Å². The van der Waals surface area contributed by atoms with E-state index in [4.69, 9.17) is 15.3 Å². The summed E-state index contributed by atoms with van der Waals surface area (Å²) in [5, 5.41) is 0. The highest BCUT2D eigenvalue weighted by atomic mass is 16.6. The molecule has 0 saturated carbocycles. The Kier molecular flexibility index (Phi) is 5.55. The van der Waals surface area contributed by atoms with Crippen LogP contribution in [-0.2, 0) is 19.1 Å². The number of carbonyl (C=O) groups is 3. The minimum atomic E-state index is -0.672. The monoisotopic (exact) mass is 365 g/mol. The molecule has 0 aromatic carbocycles. The first-order chi connectivity index (χ1) is 12.5. The highest BCUT2D eigenvalue weighted by molar-refractivity contribution is 6.10. The van der Waals surface area contributed by atoms with Crippen LogP contribution >= 0.6 is 0 Å². The summed E-state index contributed by atoms with van der Waals surface area (Å²) in [6.45, 7) is 3.42. The highest BCUT2D eigenvalue weighted by Gasteiger charge is 2.35. The first-order valence-corrected chi connectivity index (χ1v) is 8.48. The van der Waals surface area contributed by atoms with Gasteiger partial charge in [-0.2, -0.15) is 0 Å². The predicted octanol–water partition coefficient (Wildman–Crippen LogP) is -1.59. The van der Waals surface area contributed by atoms with Gasteiger partial charge >= 0.3 is 6.09 Å². The zero-order valence-corrected chi connectivity index (χ0v) is 14.6. The number of fused-ring (bicyclic) bond motifs is 1. The molecular formula is C16H23N5O5. The summed E-state index contributed by atoms with van der Waals surface area (Å²) in [6, 6.07) is -0.363. The fourth-order valence-corrected chi connectivity index (χ4v) is 3.04. The van der Waals surface area contributed by atoms with Crippen molar-refractivity contribution in [3.63, 3.8) is 0 Å². The van der Waals surface area contributed by atoms with Gasteiger partial charge in [-0.1, -0.05) is 6.08 Å². The van der Waals surface area contributed by atoms with Crippen molar-refractivity contribution in [1.82, 2.24) is 20.1 Å². The Hall–Kier alpha value is -2.43. The van der Waals surface area contributed by atoms with E-state index in [0.717, 1.165) is 0 Å². The predicted molar refractivity (Wildman–Crippen MR) is 90.4 cm³/mol. The first-order valence-electron chi connectivity index (χ1n) is 8.48. The van der Waals surface area contributed by atoms with E-state index in [1.807, 2.05) is 7.05 Å². The van der Waals surface area contributed by atoms with Crippen molar-refractivity contribution in [3.05, 3.63) is 23.6 Å². The molecule has 2 saturated heterocycles. The van der Waals surface area contributed by atoms with Crippen molar-refractivity contribution in [1.29, 1.82) is 0 Å². The SMILES string of the molecule is CN1CCN(C(=O)O/C2=C(/NN)C(=O)N3CCOCC3/C=C\C2=O)CC1. The van der Waals surface area contributed by atoms with Gasteiger partial charge in [-0.3, -0.25) is 15.4 Å². The van der Waals surface area contributed by atoms with E-state index in [-0.39, 0.29) is 17.5 Å². The molecule has 2 fully saturated rings. The molecule has 0 spiro atoms. The highest BCUT2D eigenvalue weighted by Crippen LogP contribution is 2.19. The number of hydrazine groups is 1. The fraction of sp³-hybridized carbons (Fsp3) is 0.562. The van der Waals surface area contributed by atoms with E-state index in [0.29, 0.717) is 45.9 Å². The fourth-order valence-electron chi connectivity index (χ4n) is 3.04. The van der Waals surface area contributed by atoms with Crippen molar-refractivity contribution in [3.8, 4) is 0 Å². The molecule has 26 heavy (non-hydrogen) atoms. The maximum absolute atomic E-state index is 12.8. The second kappa shape index (κ2) is 7.85. The molecule has 1 atom stereocenters. The molecule has 0 aromatic rings. The topological polar surface area (TPSA) is 117 Å². The van der Waals surface area contributed by atoms with Crippen LogP contribution in [0.15, 0.2) is 23.6 Å². The lowest BCUT2D eigenvalue weighted by Crippen LogP contribution is -2.52. The normalized spacial score (nSPS) is 28.9. The average Bonchev–Trinajstić information content (AvgIpc) is 2.65. The second-order valence-corrected chi connectivity index (χ2v) is 6.37. The molecule has 10 heteroatoms. The summed E-state index contributed by atoms with van der Waals surface area (Å²) < 4.78 is 10.6. The number of amides is 2. The van der Waals surface area contributed by atoms with Gasteiger partial charge in [-0.15, -0.1) is 0 Å². The number of piperazine rings is 1. The Morgan fingerprint density at radius 3 is 2.69 bits per heavy atom. The minimum Gasteiger partial charge on any atom is -0.403 e. The van der Waals surface area contributed by atoms with Crippen molar-refractivity contribution in [2.45, 2.75) is 6.04 Å². The van der Waals surface area contributed by atoms with Crippen LogP contribution < -0.4 is 11.3 Å². The van der Waals surface area contributed by atoms with Crippen molar-refractivity contribution < 1.29 is 23.9 Å². The minimum absolute atomic E-state index is 0.228. The lowest BCUT2D eigenvalue weighted by atomic mass is 10.1. The van der Waals surface area contributed by atoms with Crippen LogP contribution in [0.4, 0.5) is 4.79 Å². The van der Waals surface area contributed by atoms with Gasteiger partial charge in [-0.25, -0.2) is 4.79 Å². The summed E-state index contributed by atoms with van der Waals surface area (Å²) in [7, 11) is 1.96. The number of nitrogens with zero attached hydrogens (tertiary/aromatic N) is 3. The van der Waals surface area contributed by atoms with Crippen molar-refractivity contribution in [2.75, 3.05) is 53.0 Å². The van der Waals surface area contributed by atoms with E-state index < -0.39 is 17.8 Å². The molecule has 3 N–H and O–H groups in total. The number of nitrogens with two attached hydrogens (primary N) is 1. The lowest BCUT2D eigenvalue weighted by Gasteiger charge is -2.35. The summed E-state index contributed by atoms with van der Waals surface area (Å²) in [5.74, 6) is 4.00. The number of carbonyl (C=O) groups excluding carboxylic acids is 3. The van der Waals surface area contributed by atoms with Crippen LogP contribution in [0, 0.1) is 0 Å². The molecule has 0 aliphatic carbocycles. The number of likely N-dealkylation sites (N-methyl/N-ethyl adjacent to an activating group) is 1. The van der Waals surface area contributed by atoms with Crippen LogP contribution in [0.1, 0.15) is 0 Å². The van der Waals surface area contributed by atoms with Gasteiger partial charge in [0.15, 0.2) is 5.70 Å². The summed E-state index contributed by atoms with van der Waals surface area (Å²) in [5.41, 5.74) is 2.01. The smallest absolute Gasteiger partial charge is 0.403 e. The zero-order valence-electron chi connectivity index (χ0n) is 14.6. The van der Waals surface area contributed by atoms with Crippen molar-refractivity contribution in [2.24, 2.45) is 5.84 Å². The van der Waals surface area contributed by atoms with Gasteiger partial charge in [-0.05, 0) is 13.1 Å². The number of hydrogen-bond donors (Lipinski definition) is 2. The average molecular weight is 365 g/mol. The number of morpholine rings is 1.